The summed E-state index contributed by atoms with van der Waals surface area (Å²) in [5.41, 5.74) is 3.08. The van der Waals surface area contributed by atoms with Crippen LogP contribution in [-0.4, -0.2) is 28.7 Å². The van der Waals surface area contributed by atoms with Crippen molar-refractivity contribution in [2.45, 2.75) is 12.1 Å². The Labute approximate surface area is 112 Å². The first-order valence-electron chi connectivity index (χ1n) is 6.43. The summed E-state index contributed by atoms with van der Waals surface area (Å²) in [6.07, 6.45) is -0.549. The van der Waals surface area contributed by atoms with E-state index >= 15 is 0 Å². The fraction of sp³-hybridized carbons (Fsp3) is 0.250. The minimum absolute atomic E-state index is 0.125. The van der Waals surface area contributed by atoms with Crippen LogP contribution in [0.15, 0.2) is 48.5 Å². The maximum Gasteiger partial charge on any atom is 0.115 e. The Morgan fingerprint density at radius 1 is 1.05 bits per heavy atom. The zero-order valence-corrected chi connectivity index (χ0v) is 10.8. The summed E-state index contributed by atoms with van der Waals surface area (Å²) in [5, 5.41) is 19.8. The summed E-state index contributed by atoms with van der Waals surface area (Å²) in [6.45, 7) is 0.565. The normalized spacial score (nSPS) is 23.1. The molecule has 0 saturated carbocycles. The summed E-state index contributed by atoms with van der Waals surface area (Å²) >= 11 is 0. The Balaban J connectivity index is 2.13. The quantitative estimate of drug-likeness (QED) is 0.822. The van der Waals surface area contributed by atoms with E-state index in [0.29, 0.717) is 6.54 Å². The van der Waals surface area contributed by atoms with E-state index < -0.39 is 6.10 Å². The van der Waals surface area contributed by atoms with Gasteiger partial charge in [-0.1, -0.05) is 36.4 Å². The summed E-state index contributed by atoms with van der Waals surface area (Å²) in [4.78, 5) is 2.14. The van der Waals surface area contributed by atoms with E-state index in [1.807, 2.05) is 31.3 Å². The first-order valence-corrected chi connectivity index (χ1v) is 6.43. The molecule has 1 unspecified atom stereocenters. The first kappa shape index (κ1) is 12.2. The number of fused-ring (bicyclic) bond motifs is 1. The molecule has 0 aliphatic carbocycles. The number of likely N-dealkylation sites (N-methyl/N-ethyl adjacent to an activating group) is 1. The second-order valence-corrected chi connectivity index (χ2v) is 5.08. The number of phenolic OH excluding ortho intramolecular Hbond substituents is 1. The van der Waals surface area contributed by atoms with Crippen molar-refractivity contribution < 1.29 is 10.2 Å². The Morgan fingerprint density at radius 3 is 2.53 bits per heavy atom. The van der Waals surface area contributed by atoms with Gasteiger partial charge in [-0.05, 0) is 35.9 Å². The van der Waals surface area contributed by atoms with Gasteiger partial charge in [0.25, 0.3) is 0 Å². The van der Waals surface area contributed by atoms with E-state index in [4.69, 9.17) is 0 Å². The fourth-order valence-electron chi connectivity index (χ4n) is 2.88. The molecule has 2 N–H and O–H groups in total. The largest absolute Gasteiger partial charge is 0.508 e. The third kappa shape index (κ3) is 2.11. The summed E-state index contributed by atoms with van der Waals surface area (Å²) in [6, 6.07) is 15.6. The molecule has 3 nitrogen and oxygen atoms in total. The number of phenols is 1. The lowest BCUT2D eigenvalue weighted by molar-refractivity contribution is 0.0942. The molecule has 19 heavy (non-hydrogen) atoms. The smallest absolute Gasteiger partial charge is 0.115 e. The van der Waals surface area contributed by atoms with Gasteiger partial charge in [-0.2, -0.15) is 0 Å². The predicted molar refractivity (Wildman–Crippen MR) is 74.0 cm³/mol. The number of rotatable bonds is 1. The Bertz CT molecular complexity index is 583. The summed E-state index contributed by atoms with van der Waals surface area (Å²) in [5.74, 6) is 0.203. The molecule has 3 rings (SSSR count). The molecule has 2 aromatic rings. The van der Waals surface area contributed by atoms with Crippen molar-refractivity contribution in [3.8, 4) is 5.75 Å². The van der Waals surface area contributed by atoms with Crippen molar-refractivity contribution in [3.05, 3.63) is 65.2 Å². The van der Waals surface area contributed by atoms with Gasteiger partial charge in [-0.3, -0.25) is 4.90 Å². The van der Waals surface area contributed by atoms with Crippen molar-refractivity contribution in [3.63, 3.8) is 0 Å². The Hall–Kier alpha value is -1.84. The second kappa shape index (κ2) is 4.68. The van der Waals surface area contributed by atoms with Gasteiger partial charge in [-0.25, -0.2) is 0 Å². The van der Waals surface area contributed by atoms with Gasteiger partial charge in [0, 0.05) is 6.54 Å². The minimum Gasteiger partial charge on any atom is -0.508 e. The van der Waals surface area contributed by atoms with Gasteiger partial charge < -0.3 is 10.2 Å². The highest BCUT2D eigenvalue weighted by Gasteiger charge is 2.31. The summed E-state index contributed by atoms with van der Waals surface area (Å²) < 4.78 is 0. The predicted octanol–water partition coefficient (Wildman–Crippen LogP) is 2.46. The van der Waals surface area contributed by atoms with Crippen LogP contribution in [0.5, 0.6) is 5.75 Å². The third-order valence-electron chi connectivity index (χ3n) is 3.74. The number of hydrogen-bond acceptors (Lipinski definition) is 3. The van der Waals surface area contributed by atoms with Gasteiger partial charge in [0.05, 0.1) is 12.1 Å². The van der Waals surface area contributed by atoms with Crippen LogP contribution in [0.2, 0.25) is 0 Å². The molecule has 3 heteroatoms. The highest BCUT2D eigenvalue weighted by molar-refractivity contribution is 5.44. The number of hydrogen-bond donors (Lipinski definition) is 2. The number of nitrogens with zero attached hydrogens (tertiary/aromatic N) is 1. The Kier molecular flexibility index (Phi) is 3.01. The zero-order valence-electron chi connectivity index (χ0n) is 10.8. The molecular weight excluding hydrogens is 238 g/mol. The average molecular weight is 255 g/mol. The molecule has 0 amide bonds. The topological polar surface area (TPSA) is 43.7 Å². The number of aromatic hydroxyl groups is 1. The summed E-state index contributed by atoms with van der Waals surface area (Å²) in [7, 11) is 2.01. The molecule has 2 aromatic carbocycles. The second-order valence-electron chi connectivity index (χ2n) is 5.08. The lowest BCUT2D eigenvalue weighted by Crippen LogP contribution is -2.35. The van der Waals surface area contributed by atoms with E-state index in [0.717, 1.165) is 11.1 Å². The standard InChI is InChI=1S/C16H17NO2/c1-17-10-15(19)14-9-12(18)7-8-13(14)16(17)11-5-3-2-4-6-11/h2-9,15-16,18-19H,10H2,1H3/t15-,16?/m1/s1. The monoisotopic (exact) mass is 255 g/mol. The van der Waals surface area contributed by atoms with E-state index in [1.54, 1.807) is 12.1 Å². The molecule has 98 valence electrons. The van der Waals surface area contributed by atoms with E-state index in [2.05, 4.69) is 17.0 Å². The average Bonchev–Trinajstić information content (AvgIpc) is 2.41. The van der Waals surface area contributed by atoms with Crippen LogP contribution in [0.1, 0.15) is 28.8 Å². The van der Waals surface area contributed by atoms with Crippen molar-refractivity contribution in [1.82, 2.24) is 4.90 Å². The lowest BCUT2D eigenvalue weighted by atomic mass is 9.87. The molecule has 2 atom stereocenters. The Morgan fingerprint density at radius 2 is 1.79 bits per heavy atom. The van der Waals surface area contributed by atoms with E-state index in [-0.39, 0.29) is 11.8 Å². The molecule has 0 saturated heterocycles. The van der Waals surface area contributed by atoms with E-state index in [9.17, 15) is 10.2 Å². The number of β-amino-alcohol motifs (C(OH)–C–C–N with tert-alkyl or cyclic N) is 1. The third-order valence-corrected chi connectivity index (χ3v) is 3.74. The fourth-order valence-corrected chi connectivity index (χ4v) is 2.88. The first-order chi connectivity index (χ1) is 9.16. The minimum atomic E-state index is -0.549. The maximum atomic E-state index is 10.2. The molecule has 1 heterocycles. The molecule has 0 radical (unpaired) electrons. The SMILES string of the molecule is CN1C[C@@H](O)c2cc(O)ccc2C1c1ccccc1. The molecule has 0 fully saturated rings. The highest BCUT2D eigenvalue weighted by atomic mass is 16.3. The van der Waals surface area contributed by atoms with Crippen LogP contribution in [0.4, 0.5) is 0 Å². The van der Waals surface area contributed by atoms with Gasteiger partial charge in [0.1, 0.15) is 5.75 Å². The number of benzene rings is 2. The lowest BCUT2D eigenvalue weighted by Gasteiger charge is -2.37. The van der Waals surface area contributed by atoms with Crippen LogP contribution in [0.25, 0.3) is 0 Å². The molecule has 0 bridgehead atoms. The van der Waals surface area contributed by atoms with Crippen molar-refractivity contribution in [1.29, 1.82) is 0 Å². The van der Waals surface area contributed by atoms with Crippen LogP contribution in [0.3, 0.4) is 0 Å². The van der Waals surface area contributed by atoms with E-state index in [1.165, 1.54) is 5.56 Å². The molecule has 1 aliphatic rings. The zero-order chi connectivity index (χ0) is 13.4. The molecule has 0 spiro atoms. The van der Waals surface area contributed by atoms with Crippen LogP contribution in [0, 0.1) is 0 Å². The van der Waals surface area contributed by atoms with Crippen molar-refractivity contribution in [2.24, 2.45) is 0 Å². The van der Waals surface area contributed by atoms with Crippen molar-refractivity contribution >= 4 is 0 Å². The highest BCUT2D eigenvalue weighted by Crippen LogP contribution is 2.39. The van der Waals surface area contributed by atoms with Gasteiger partial charge >= 0.3 is 0 Å². The van der Waals surface area contributed by atoms with Gasteiger partial charge in [-0.15, -0.1) is 0 Å². The molecule has 0 aromatic heterocycles. The number of aliphatic hydroxyl groups is 1. The van der Waals surface area contributed by atoms with Crippen LogP contribution in [-0.2, 0) is 0 Å². The maximum absolute atomic E-state index is 10.2. The number of aliphatic hydroxyl groups excluding tert-OH is 1. The van der Waals surface area contributed by atoms with Crippen molar-refractivity contribution in [2.75, 3.05) is 13.6 Å². The molecular formula is C16H17NO2. The van der Waals surface area contributed by atoms with Crippen LogP contribution < -0.4 is 0 Å². The van der Waals surface area contributed by atoms with Gasteiger partial charge in [0.2, 0.25) is 0 Å². The van der Waals surface area contributed by atoms with Crippen LogP contribution >= 0.6 is 0 Å². The molecule has 1 aliphatic heterocycles. The van der Waals surface area contributed by atoms with Gasteiger partial charge in [0.15, 0.2) is 0 Å².